The third kappa shape index (κ3) is 5.28. The average molecular weight is 286 g/mol. The number of rotatable bonds is 7. The van der Waals surface area contributed by atoms with Crippen LogP contribution in [0.15, 0.2) is 0 Å². The van der Waals surface area contributed by atoms with Gasteiger partial charge in [0.2, 0.25) is 0 Å². The number of ketones is 1. The van der Waals surface area contributed by atoms with E-state index in [-0.39, 0.29) is 18.3 Å². The highest BCUT2D eigenvalue weighted by Gasteiger charge is 2.36. The van der Waals surface area contributed by atoms with Crippen molar-refractivity contribution in [2.45, 2.75) is 45.6 Å². The average Bonchev–Trinajstić information content (AvgIpc) is 2.45. The molecule has 1 heterocycles. The minimum atomic E-state index is -1.44. The van der Waals surface area contributed by atoms with Crippen LogP contribution in [0.2, 0.25) is 0 Å². The summed E-state index contributed by atoms with van der Waals surface area (Å²) in [5.41, 5.74) is 0. The summed E-state index contributed by atoms with van der Waals surface area (Å²) in [5, 5.41) is 0. The van der Waals surface area contributed by atoms with E-state index < -0.39 is 18.0 Å². The first-order valence-corrected chi connectivity index (χ1v) is 7.01. The lowest BCUT2D eigenvalue weighted by atomic mass is 9.92. The van der Waals surface area contributed by atoms with Gasteiger partial charge in [0.25, 0.3) is 6.10 Å². The molecule has 0 bridgehead atoms. The van der Waals surface area contributed by atoms with Crippen LogP contribution in [0.25, 0.3) is 0 Å². The monoisotopic (exact) mass is 286 g/mol. The maximum atomic E-state index is 12.3. The van der Waals surface area contributed by atoms with Crippen molar-refractivity contribution in [3.05, 3.63) is 0 Å². The van der Waals surface area contributed by atoms with Gasteiger partial charge in [-0.05, 0) is 19.3 Å². The Morgan fingerprint density at radius 1 is 1.25 bits per heavy atom. The van der Waals surface area contributed by atoms with Crippen LogP contribution in [-0.2, 0) is 28.6 Å². The summed E-state index contributed by atoms with van der Waals surface area (Å²) in [6.45, 7) is 4.32. The molecular formula is C14H22O6. The van der Waals surface area contributed by atoms with Crippen molar-refractivity contribution >= 4 is 17.7 Å². The van der Waals surface area contributed by atoms with Crippen LogP contribution in [0, 0.1) is 5.92 Å². The van der Waals surface area contributed by atoms with Crippen LogP contribution in [0.5, 0.6) is 0 Å². The first kappa shape index (κ1) is 16.6. The lowest BCUT2D eigenvalue weighted by molar-refractivity contribution is -0.172. The van der Waals surface area contributed by atoms with E-state index in [0.29, 0.717) is 32.5 Å². The molecule has 1 aliphatic heterocycles. The predicted molar refractivity (Wildman–Crippen MR) is 70.0 cm³/mol. The lowest BCUT2D eigenvalue weighted by Gasteiger charge is -2.24. The molecule has 0 saturated carbocycles. The van der Waals surface area contributed by atoms with E-state index in [4.69, 9.17) is 14.2 Å². The number of Topliss-reactive ketones (excluding diaryl/α,β-unsaturated/α-hetero) is 1. The van der Waals surface area contributed by atoms with Gasteiger partial charge in [0, 0.05) is 26.1 Å². The van der Waals surface area contributed by atoms with Crippen molar-refractivity contribution in [1.82, 2.24) is 0 Å². The molecule has 0 aliphatic carbocycles. The molecular weight excluding hydrogens is 264 g/mol. The van der Waals surface area contributed by atoms with Crippen molar-refractivity contribution in [2.75, 3.05) is 19.8 Å². The molecule has 0 N–H and O–H groups in total. The zero-order chi connectivity index (χ0) is 15.0. The molecule has 1 atom stereocenters. The molecule has 114 valence electrons. The second-order valence-electron chi connectivity index (χ2n) is 4.80. The van der Waals surface area contributed by atoms with Gasteiger partial charge >= 0.3 is 11.9 Å². The Bertz CT molecular complexity index is 346. The van der Waals surface area contributed by atoms with E-state index in [0.717, 1.165) is 6.42 Å². The van der Waals surface area contributed by atoms with Crippen molar-refractivity contribution < 1.29 is 28.6 Å². The zero-order valence-electron chi connectivity index (χ0n) is 12.1. The smallest absolute Gasteiger partial charge is 0.355 e. The Morgan fingerprint density at radius 3 is 2.45 bits per heavy atom. The van der Waals surface area contributed by atoms with Gasteiger partial charge in [-0.3, -0.25) is 9.59 Å². The van der Waals surface area contributed by atoms with Crippen LogP contribution in [0.3, 0.4) is 0 Å². The summed E-state index contributed by atoms with van der Waals surface area (Å²) in [6.07, 6.45) is 1.23. The number of carbonyl (C=O) groups is 3. The number of hydrogen-bond acceptors (Lipinski definition) is 6. The third-order valence-electron chi connectivity index (χ3n) is 3.12. The van der Waals surface area contributed by atoms with Crippen molar-refractivity contribution in [1.29, 1.82) is 0 Å². The minimum Gasteiger partial charge on any atom is -0.463 e. The molecule has 0 radical (unpaired) electrons. The molecule has 1 fully saturated rings. The number of esters is 2. The summed E-state index contributed by atoms with van der Waals surface area (Å²) < 4.78 is 15.0. The first-order valence-electron chi connectivity index (χ1n) is 7.01. The fourth-order valence-corrected chi connectivity index (χ4v) is 1.98. The molecule has 0 aromatic carbocycles. The summed E-state index contributed by atoms with van der Waals surface area (Å²) >= 11 is 0. The molecule has 1 rings (SSSR count). The van der Waals surface area contributed by atoms with Gasteiger partial charge in [0.1, 0.15) is 0 Å². The molecule has 0 spiro atoms. The Kier molecular flexibility index (Phi) is 7.22. The summed E-state index contributed by atoms with van der Waals surface area (Å²) in [5.74, 6) is -2.13. The van der Waals surface area contributed by atoms with Gasteiger partial charge in [-0.2, -0.15) is 0 Å². The number of hydrogen-bond donors (Lipinski definition) is 0. The predicted octanol–water partition coefficient (Wildman–Crippen LogP) is 1.26. The van der Waals surface area contributed by atoms with Crippen molar-refractivity contribution in [3.8, 4) is 0 Å². The quantitative estimate of drug-likeness (QED) is 0.398. The molecule has 1 aliphatic rings. The lowest BCUT2D eigenvalue weighted by Crippen LogP contribution is -2.41. The van der Waals surface area contributed by atoms with Gasteiger partial charge in [-0.15, -0.1) is 0 Å². The maximum Gasteiger partial charge on any atom is 0.355 e. The van der Waals surface area contributed by atoms with Crippen LogP contribution < -0.4 is 0 Å². The standard InChI is InChI=1S/C14H22O6/c1-3-4-7-19-14(17)13(20-10(2)15)12(16)11-5-8-18-9-6-11/h11,13H,3-9H2,1-2H3. The normalized spacial score (nSPS) is 17.3. The van der Waals surface area contributed by atoms with E-state index in [9.17, 15) is 14.4 Å². The van der Waals surface area contributed by atoms with Crippen molar-refractivity contribution in [3.63, 3.8) is 0 Å². The summed E-state index contributed by atoms with van der Waals surface area (Å²) in [6, 6.07) is 0. The second kappa shape index (κ2) is 8.68. The summed E-state index contributed by atoms with van der Waals surface area (Å²) in [4.78, 5) is 35.2. The van der Waals surface area contributed by atoms with Crippen LogP contribution in [0.1, 0.15) is 39.5 Å². The van der Waals surface area contributed by atoms with E-state index in [2.05, 4.69) is 0 Å². The first-order chi connectivity index (χ1) is 9.56. The number of ether oxygens (including phenoxy) is 3. The SMILES string of the molecule is CCCCOC(=O)C(OC(C)=O)C(=O)C1CCOCC1. The third-order valence-corrected chi connectivity index (χ3v) is 3.12. The molecule has 6 heteroatoms. The molecule has 0 aromatic heterocycles. The maximum absolute atomic E-state index is 12.3. The second-order valence-corrected chi connectivity index (χ2v) is 4.80. The number of unbranched alkanes of at least 4 members (excludes halogenated alkanes) is 1. The summed E-state index contributed by atoms with van der Waals surface area (Å²) in [7, 11) is 0. The Morgan fingerprint density at radius 2 is 1.90 bits per heavy atom. The fourth-order valence-electron chi connectivity index (χ4n) is 1.98. The topological polar surface area (TPSA) is 78.9 Å². The van der Waals surface area contributed by atoms with E-state index in [1.807, 2.05) is 6.92 Å². The van der Waals surface area contributed by atoms with Gasteiger partial charge in [0.05, 0.1) is 6.61 Å². The van der Waals surface area contributed by atoms with Gasteiger partial charge in [-0.25, -0.2) is 4.79 Å². The van der Waals surface area contributed by atoms with Crippen LogP contribution >= 0.6 is 0 Å². The fraction of sp³-hybridized carbons (Fsp3) is 0.786. The molecule has 0 amide bonds. The van der Waals surface area contributed by atoms with Crippen LogP contribution in [0.4, 0.5) is 0 Å². The van der Waals surface area contributed by atoms with Gasteiger partial charge < -0.3 is 14.2 Å². The highest BCUT2D eigenvalue weighted by molar-refractivity contribution is 6.04. The highest BCUT2D eigenvalue weighted by Crippen LogP contribution is 2.19. The molecule has 1 saturated heterocycles. The highest BCUT2D eigenvalue weighted by atomic mass is 16.6. The van der Waals surface area contributed by atoms with Crippen molar-refractivity contribution in [2.24, 2.45) is 5.92 Å². The Balaban J connectivity index is 2.63. The molecule has 20 heavy (non-hydrogen) atoms. The molecule has 6 nitrogen and oxygen atoms in total. The largest absolute Gasteiger partial charge is 0.463 e. The Labute approximate surface area is 118 Å². The minimum absolute atomic E-state index is 0.230. The zero-order valence-corrected chi connectivity index (χ0v) is 12.1. The van der Waals surface area contributed by atoms with E-state index >= 15 is 0 Å². The number of carbonyl (C=O) groups excluding carboxylic acids is 3. The molecule has 1 unspecified atom stereocenters. The van der Waals surface area contributed by atoms with Gasteiger partial charge in [0.15, 0.2) is 5.78 Å². The van der Waals surface area contributed by atoms with E-state index in [1.165, 1.54) is 6.92 Å². The van der Waals surface area contributed by atoms with E-state index in [1.54, 1.807) is 0 Å². The molecule has 0 aromatic rings. The van der Waals surface area contributed by atoms with Gasteiger partial charge in [-0.1, -0.05) is 13.3 Å². The van der Waals surface area contributed by atoms with Crippen LogP contribution in [-0.4, -0.2) is 43.6 Å². The Hall–Kier alpha value is -1.43.